The largest absolute Gasteiger partial charge is 0.493 e. The molecule has 1 aromatic carbocycles. The fraction of sp³-hybridized carbons (Fsp3) is 0.417. The van der Waals surface area contributed by atoms with Crippen molar-refractivity contribution in [2.75, 3.05) is 13.7 Å². The number of hydrogen-bond acceptors (Lipinski definition) is 4. The summed E-state index contributed by atoms with van der Waals surface area (Å²) < 4.78 is 9.87. The minimum absolute atomic E-state index is 0.0177. The molecule has 0 bridgehead atoms. The third-order valence-electron chi connectivity index (χ3n) is 2.21. The van der Waals surface area contributed by atoms with E-state index in [1.54, 1.807) is 0 Å². The number of ether oxygens (including phenoxy) is 2. The van der Waals surface area contributed by atoms with E-state index in [0.717, 1.165) is 11.3 Å². The van der Waals surface area contributed by atoms with Gasteiger partial charge in [-0.05, 0) is 24.6 Å². The number of esters is 1. The van der Waals surface area contributed by atoms with Crippen molar-refractivity contribution in [3.05, 3.63) is 29.8 Å². The van der Waals surface area contributed by atoms with Crippen LogP contribution in [0.2, 0.25) is 0 Å². The Labute approximate surface area is 95.3 Å². The van der Waals surface area contributed by atoms with Crippen molar-refractivity contribution in [2.24, 2.45) is 5.73 Å². The molecule has 0 aromatic heterocycles. The topological polar surface area (TPSA) is 61.5 Å². The first-order valence-electron chi connectivity index (χ1n) is 5.18. The first-order valence-corrected chi connectivity index (χ1v) is 5.18. The predicted octanol–water partition coefficient (Wildman–Crippen LogP) is 1.65. The van der Waals surface area contributed by atoms with Gasteiger partial charge < -0.3 is 15.2 Å². The van der Waals surface area contributed by atoms with Crippen molar-refractivity contribution in [2.45, 2.75) is 19.4 Å². The molecule has 1 atom stereocenters. The maximum absolute atomic E-state index is 10.8. The van der Waals surface area contributed by atoms with Crippen LogP contribution in [0, 0.1) is 0 Å². The summed E-state index contributed by atoms with van der Waals surface area (Å²) in [6.45, 7) is 2.25. The summed E-state index contributed by atoms with van der Waals surface area (Å²) in [6, 6.07) is 7.53. The molecule has 16 heavy (non-hydrogen) atoms. The molecule has 0 aliphatic carbocycles. The van der Waals surface area contributed by atoms with Gasteiger partial charge in [0, 0.05) is 6.04 Å². The zero-order chi connectivity index (χ0) is 12.0. The van der Waals surface area contributed by atoms with E-state index in [0.29, 0.717) is 6.61 Å². The molecular formula is C12H17NO3. The Balaban J connectivity index is 2.40. The second-order valence-corrected chi connectivity index (χ2v) is 3.53. The summed E-state index contributed by atoms with van der Waals surface area (Å²) in [5.41, 5.74) is 6.78. The van der Waals surface area contributed by atoms with Gasteiger partial charge in [0.1, 0.15) is 5.75 Å². The number of nitrogens with two attached hydrogens (primary N) is 1. The fourth-order valence-electron chi connectivity index (χ4n) is 1.22. The van der Waals surface area contributed by atoms with Crippen molar-refractivity contribution < 1.29 is 14.3 Å². The van der Waals surface area contributed by atoms with Gasteiger partial charge in [-0.15, -0.1) is 0 Å². The summed E-state index contributed by atoms with van der Waals surface area (Å²) in [7, 11) is 1.36. The lowest BCUT2D eigenvalue weighted by Gasteiger charge is -2.08. The quantitative estimate of drug-likeness (QED) is 0.771. The van der Waals surface area contributed by atoms with E-state index < -0.39 is 0 Å². The molecular weight excluding hydrogens is 206 g/mol. The van der Waals surface area contributed by atoms with E-state index in [4.69, 9.17) is 10.5 Å². The first-order chi connectivity index (χ1) is 7.63. The molecule has 0 aliphatic heterocycles. The molecule has 0 aliphatic rings. The lowest BCUT2D eigenvalue weighted by Crippen LogP contribution is -2.08. The molecule has 0 fully saturated rings. The molecule has 0 spiro atoms. The molecule has 2 N–H and O–H groups in total. The smallest absolute Gasteiger partial charge is 0.308 e. The Morgan fingerprint density at radius 1 is 1.38 bits per heavy atom. The van der Waals surface area contributed by atoms with Crippen LogP contribution in [-0.2, 0) is 9.53 Å². The van der Waals surface area contributed by atoms with Crippen molar-refractivity contribution in [3.8, 4) is 5.75 Å². The van der Waals surface area contributed by atoms with Crippen LogP contribution in [0.25, 0.3) is 0 Å². The average Bonchev–Trinajstić information content (AvgIpc) is 2.29. The average molecular weight is 223 g/mol. The Kier molecular flexibility index (Phi) is 4.79. The van der Waals surface area contributed by atoms with Crippen molar-refractivity contribution in [1.29, 1.82) is 0 Å². The zero-order valence-electron chi connectivity index (χ0n) is 9.60. The maximum atomic E-state index is 10.8. The van der Waals surface area contributed by atoms with Crippen LogP contribution in [0.5, 0.6) is 5.75 Å². The van der Waals surface area contributed by atoms with Crippen molar-refractivity contribution in [3.63, 3.8) is 0 Å². The number of benzene rings is 1. The summed E-state index contributed by atoms with van der Waals surface area (Å²) in [5, 5.41) is 0. The van der Waals surface area contributed by atoms with Gasteiger partial charge in [-0.3, -0.25) is 4.79 Å². The van der Waals surface area contributed by atoms with Crippen LogP contribution >= 0.6 is 0 Å². The third-order valence-corrected chi connectivity index (χ3v) is 2.21. The predicted molar refractivity (Wildman–Crippen MR) is 61.2 cm³/mol. The molecule has 0 heterocycles. The summed E-state index contributed by atoms with van der Waals surface area (Å²) in [4.78, 5) is 10.8. The molecule has 1 rings (SSSR count). The minimum atomic E-state index is -0.271. The standard InChI is InChI=1S/C12H17NO3/c1-9(13)10-3-5-11(6-4-10)16-8-7-12(14)15-2/h3-6,9H,7-8,13H2,1-2H3/t9-/m1/s1. The van der Waals surface area contributed by atoms with E-state index in [9.17, 15) is 4.79 Å². The van der Waals surface area contributed by atoms with E-state index in [1.807, 2.05) is 31.2 Å². The Hall–Kier alpha value is -1.55. The van der Waals surface area contributed by atoms with Crippen LogP contribution in [0.3, 0.4) is 0 Å². The van der Waals surface area contributed by atoms with E-state index in [1.165, 1.54) is 7.11 Å². The minimum Gasteiger partial charge on any atom is -0.493 e. The van der Waals surface area contributed by atoms with Gasteiger partial charge in [-0.1, -0.05) is 12.1 Å². The Morgan fingerprint density at radius 2 is 2.00 bits per heavy atom. The van der Waals surface area contributed by atoms with Gasteiger partial charge >= 0.3 is 5.97 Å². The highest BCUT2D eigenvalue weighted by Crippen LogP contribution is 2.16. The lowest BCUT2D eigenvalue weighted by atomic mass is 10.1. The molecule has 0 saturated carbocycles. The summed E-state index contributed by atoms with van der Waals surface area (Å²) in [6.07, 6.45) is 0.255. The zero-order valence-corrected chi connectivity index (χ0v) is 9.60. The number of carbonyl (C=O) groups is 1. The van der Waals surface area contributed by atoms with Crippen LogP contribution in [0.4, 0.5) is 0 Å². The SMILES string of the molecule is COC(=O)CCOc1ccc([C@@H](C)N)cc1. The van der Waals surface area contributed by atoms with Crippen LogP contribution in [-0.4, -0.2) is 19.7 Å². The second-order valence-electron chi connectivity index (χ2n) is 3.53. The van der Waals surface area contributed by atoms with E-state index >= 15 is 0 Å². The van der Waals surface area contributed by atoms with Crippen LogP contribution in [0.15, 0.2) is 24.3 Å². The highest BCUT2D eigenvalue weighted by Gasteiger charge is 2.02. The van der Waals surface area contributed by atoms with Crippen molar-refractivity contribution >= 4 is 5.97 Å². The third kappa shape index (κ3) is 3.90. The monoisotopic (exact) mass is 223 g/mol. The molecule has 1 aromatic rings. The maximum Gasteiger partial charge on any atom is 0.308 e. The highest BCUT2D eigenvalue weighted by molar-refractivity contribution is 5.69. The molecule has 0 saturated heterocycles. The van der Waals surface area contributed by atoms with Gasteiger partial charge in [-0.2, -0.15) is 0 Å². The van der Waals surface area contributed by atoms with Gasteiger partial charge in [-0.25, -0.2) is 0 Å². The second kappa shape index (κ2) is 6.12. The summed E-state index contributed by atoms with van der Waals surface area (Å²) >= 11 is 0. The van der Waals surface area contributed by atoms with Gasteiger partial charge in [0.25, 0.3) is 0 Å². The lowest BCUT2D eigenvalue weighted by molar-refractivity contribution is -0.141. The van der Waals surface area contributed by atoms with Crippen LogP contribution in [0.1, 0.15) is 24.9 Å². The number of methoxy groups -OCH3 is 1. The van der Waals surface area contributed by atoms with Gasteiger partial charge in [0.05, 0.1) is 20.1 Å². The molecule has 4 nitrogen and oxygen atoms in total. The fourth-order valence-corrected chi connectivity index (χ4v) is 1.22. The van der Waals surface area contributed by atoms with Crippen molar-refractivity contribution in [1.82, 2.24) is 0 Å². The van der Waals surface area contributed by atoms with E-state index in [-0.39, 0.29) is 18.4 Å². The number of rotatable bonds is 5. The first kappa shape index (κ1) is 12.5. The normalized spacial score (nSPS) is 11.9. The molecule has 4 heteroatoms. The Bertz CT molecular complexity index is 333. The molecule has 0 amide bonds. The van der Waals surface area contributed by atoms with E-state index in [2.05, 4.69) is 4.74 Å². The molecule has 88 valence electrons. The van der Waals surface area contributed by atoms with Gasteiger partial charge in [0.15, 0.2) is 0 Å². The van der Waals surface area contributed by atoms with Gasteiger partial charge in [0.2, 0.25) is 0 Å². The molecule has 0 radical (unpaired) electrons. The Morgan fingerprint density at radius 3 is 2.50 bits per heavy atom. The van der Waals surface area contributed by atoms with Crippen LogP contribution < -0.4 is 10.5 Å². The number of carbonyl (C=O) groups excluding carboxylic acids is 1. The highest BCUT2D eigenvalue weighted by atomic mass is 16.5. The summed E-state index contributed by atoms with van der Waals surface area (Å²) in [5.74, 6) is 0.459. The number of hydrogen-bond donors (Lipinski definition) is 1. The molecule has 0 unspecified atom stereocenters.